The Morgan fingerprint density at radius 2 is 2.10 bits per heavy atom. The number of nitrogens with one attached hydrogen (secondary N) is 1. The SMILES string of the molecule is Cc1ccc([N+](=O)[O-])cc1NC(=O)C1(C#N)CCCC1. The molecule has 6 nitrogen and oxygen atoms in total. The van der Waals surface area contributed by atoms with Gasteiger partial charge in [0.25, 0.3) is 5.69 Å². The van der Waals surface area contributed by atoms with Gasteiger partial charge in [0.1, 0.15) is 5.41 Å². The number of nitro groups is 1. The summed E-state index contributed by atoms with van der Waals surface area (Å²) < 4.78 is 0. The number of anilines is 1. The first-order chi connectivity index (χ1) is 9.48. The van der Waals surface area contributed by atoms with Gasteiger partial charge in [-0.3, -0.25) is 14.9 Å². The van der Waals surface area contributed by atoms with Gasteiger partial charge in [-0.1, -0.05) is 18.9 Å². The van der Waals surface area contributed by atoms with E-state index in [0.29, 0.717) is 18.5 Å². The number of benzene rings is 1. The predicted molar refractivity (Wildman–Crippen MR) is 73.0 cm³/mol. The van der Waals surface area contributed by atoms with Gasteiger partial charge in [-0.05, 0) is 25.3 Å². The highest BCUT2D eigenvalue weighted by atomic mass is 16.6. The number of nitro benzene ring substituents is 1. The molecule has 0 unspecified atom stereocenters. The molecule has 0 bridgehead atoms. The highest BCUT2D eigenvalue weighted by molar-refractivity contribution is 5.98. The monoisotopic (exact) mass is 273 g/mol. The summed E-state index contributed by atoms with van der Waals surface area (Å²) in [6, 6.07) is 6.41. The van der Waals surface area contributed by atoms with E-state index in [9.17, 15) is 20.2 Å². The Balaban J connectivity index is 2.26. The van der Waals surface area contributed by atoms with E-state index < -0.39 is 10.3 Å². The first-order valence-electron chi connectivity index (χ1n) is 6.46. The summed E-state index contributed by atoms with van der Waals surface area (Å²) in [6.45, 7) is 1.76. The van der Waals surface area contributed by atoms with Gasteiger partial charge in [-0.25, -0.2) is 0 Å². The highest BCUT2D eigenvalue weighted by Crippen LogP contribution is 2.38. The zero-order chi connectivity index (χ0) is 14.8. The van der Waals surface area contributed by atoms with E-state index in [0.717, 1.165) is 18.4 Å². The Hall–Kier alpha value is -2.42. The first kappa shape index (κ1) is 14.0. The van der Waals surface area contributed by atoms with Gasteiger partial charge in [0.15, 0.2) is 0 Å². The second-order valence-electron chi connectivity index (χ2n) is 5.11. The predicted octanol–water partition coefficient (Wildman–Crippen LogP) is 2.93. The largest absolute Gasteiger partial charge is 0.324 e. The lowest BCUT2D eigenvalue weighted by molar-refractivity contribution is -0.384. The minimum absolute atomic E-state index is 0.0803. The van der Waals surface area contributed by atoms with Crippen LogP contribution in [0.25, 0.3) is 0 Å². The quantitative estimate of drug-likeness (QED) is 0.676. The Labute approximate surface area is 116 Å². The molecule has 0 aromatic heterocycles. The van der Waals surface area contributed by atoms with Gasteiger partial charge in [0.2, 0.25) is 5.91 Å². The van der Waals surface area contributed by atoms with Crippen molar-refractivity contribution in [1.29, 1.82) is 5.26 Å². The second kappa shape index (κ2) is 5.29. The fraction of sp³-hybridized carbons (Fsp3) is 0.429. The number of nitrogens with zero attached hydrogens (tertiary/aromatic N) is 2. The molecule has 0 aliphatic heterocycles. The van der Waals surface area contributed by atoms with Crippen molar-refractivity contribution in [2.24, 2.45) is 5.41 Å². The number of carbonyl (C=O) groups is 1. The zero-order valence-electron chi connectivity index (χ0n) is 11.2. The Kier molecular flexibility index (Phi) is 3.70. The van der Waals surface area contributed by atoms with Crippen molar-refractivity contribution in [3.05, 3.63) is 33.9 Å². The maximum atomic E-state index is 12.3. The van der Waals surface area contributed by atoms with Crippen molar-refractivity contribution in [1.82, 2.24) is 0 Å². The molecule has 0 spiro atoms. The standard InChI is InChI=1S/C14H15N3O3/c1-10-4-5-11(17(19)20)8-12(10)16-13(18)14(9-15)6-2-3-7-14/h4-5,8H,2-3,6-7H2,1H3,(H,16,18). The number of amides is 1. The van der Waals surface area contributed by atoms with Crippen molar-refractivity contribution < 1.29 is 9.72 Å². The van der Waals surface area contributed by atoms with Crippen molar-refractivity contribution in [3.63, 3.8) is 0 Å². The average molecular weight is 273 g/mol. The summed E-state index contributed by atoms with van der Waals surface area (Å²) >= 11 is 0. The minimum atomic E-state index is -0.989. The number of non-ortho nitro benzene ring substituents is 1. The molecule has 1 N–H and O–H groups in total. The number of carbonyl (C=O) groups excluding carboxylic acids is 1. The maximum absolute atomic E-state index is 12.3. The van der Waals surface area contributed by atoms with Gasteiger partial charge in [0, 0.05) is 12.1 Å². The molecule has 0 atom stereocenters. The smallest absolute Gasteiger partial charge is 0.271 e. The third-order valence-electron chi connectivity index (χ3n) is 3.79. The second-order valence-corrected chi connectivity index (χ2v) is 5.11. The van der Waals surface area contributed by atoms with Crippen LogP contribution >= 0.6 is 0 Å². The summed E-state index contributed by atoms with van der Waals surface area (Å²) in [7, 11) is 0. The van der Waals surface area contributed by atoms with E-state index in [1.807, 2.05) is 0 Å². The Morgan fingerprint density at radius 1 is 1.45 bits per heavy atom. The molecule has 0 heterocycles. The fourth-order valence-electron chi connectivity index (χ4n) is 2.47. The fourth-order valence-corrected chi connectivity index (χ4v) is 2.47. The average Bonchev–Trinajstić information content (AvgIpc) is 2.91. The van der Waals surface area contributed by atoms with Gasteiger partial charge in [-0.2, -0.15) is 5.26 Å². The number of aryl methyl sites for hydroxylation is 1. The van der Waals surface area contributed by atoms with Crippen molar-refractivity contribution >= 4 is 17.3 Å². The van der Waals surface area contributed by atoms with E-state index in [2.05, 4.69) is 11.4 Å². The van der Waals surface area contributed by atoms with E-state index in [4.69, 9.17) is 0 Å². The van der Waals surface area contributed by atoms with E-state index in [1.165, 1.54) is 12.1 Å². The first-order valence-corrected chi connectivity index (χ1v) is 6.46. The zero-order valence-corrected chi connectivity index (χ0v) is 11.2. The summed E-state index contributed by atoms with van der Waals surface area (Å²) in [5, 5.41) is 22.7. The van der Waals surface area contributed by atoms with Gasteiger partial charge in [0.05, 0.1) is 16.7 Å². The third-order valence-corrected chi connectivity index (χ3v) is 3.79. The van der Waals surface area contributed by atoms with Gasteiger partial charge < -0.3 is 5.32 Å². The van der Waals surface area contributed by atoms with Crippen molar-refractivity contribution in [2.45, 2.75) is 32.6 Å². The molecule has 1 aromatic rings. The summed E-state index contributed by atoms with van der Waals surface area (Å²) in [4.78, 5) is 22.6. The number of nitriles is 1. The lowest BCUT2D eigenvalue weighted by Gasteiger charge is -2.19. The lowest BCUT2D eigenvalue weighted by atomic mass is 9.87. The summed E-state index contributed by atoms with van der Waals surface area (Å²) in [6.07, 6.45) is 2.80. The van der Waals surface area contributed by atoms with Gasteiger partial charge >= 0.3 is 0 Å². The van der Waals surface area contributed by atoms with Crippen LogP contribution in [0.15, 0.2) is 18.2 Å². The van der Waals surface area contributed by atoms with Crippen LogP contribution in [-0.4, -0.2) is 10.8 Å². The molecule has 1 saturated carbocycles. The summed E-state index contributed by atoms with van der Waals surface area (Å²) in [5.41, 5.74) is 0.0564. The maximum Gasteiger partial charge on any atom is 0.271 e. The van der Waals surface area contributed by atoms with Crippen LogP contribution in [0.3, 0.4) is 0 Å². The molecular formula is C14H15N3O3. The molecule has 104 valence electrons. The van der Waals surface area contributed by atoms with Crippen LogP contribution < -0.4 is 5.32 Å². The minimum Gasteiger partial charge on any atom is -0.324 e. The molecule has 20 heavy (non-hydrogen) atoms. The van der Waals surface area contributed by atoms with Crippen LogP contribution in [0.1, 0.15) is 31.2 Å². The lowest BCUT2D eigenvalue weighted by Crippen LogP contribution is -2.32. The molecule has 1 aromatic carbocycles. The Morgan fingerprint density at radius 3 is 2.65 bits per heavy atom. The van der Waals surface area contributed by atoms with Crippen molar-refractivity contribution in [3.8, 4) is 6.07 Å². The van der Waals surface area contributed by atoms with E-state index in [-0.39, 0.29) is 11.6 Å². The molecule has 1 amide bonds. The van der Waals surface area contributed by atoms with Crippen LogP contribution in [0.5, 0.6) is 0 Å². The number of hydrogen-bond donors (Lipinski definition) is 1. The van der Waals surface area contributed by atoms with Crippen molar-refractivity contribution in [2.75, 3.05) is 5.32 Å². The number of rotatable bonds is 3. The molecule has 1 aliphatic carbocycles. The van der Waals surface area contributed by atoms with Crippen LogP contribution in [-0.2, 0) is 4.79 Å². The molecule has 1 fully saturated rings. The van der Waals surface area contributed by atoms with E-state index >= 15 is 0 Å². The Bertz CT molecular complexity index is 598. The van der Waals surface area contributed by atoms with Crippen LogP contribution in [0, 0.1) is 33.8 Å². The topological polar surface area (TPSA) is 96.0 Å². The molecule has 6 heteroatoms. The van der Waals surface area contributed by atoms with Crippen LogP contribution in [0.2, 0.25) is 0 Å². The highest BCUT2D eigenvalue weighted by Gasteiger charge is 2.41. The molecule has 2 rings (SSSR count). The van der Waals surface area contributed by atoms with Crippen LogP contribution in [0.4, 0.5) is 11.4 Å². The number of hydrogen-bond acceptors (Lipinski definition) is 4. The molecule has 0 saturated heterocycles. The molecule has 0 radical (unpaired) electrons. The molecular weight excluding hydrogens is 258 g/mol. The third kappa shape index (κ3) is 2.48. The normalized spacial score (nSPS) is 16.4. The van der Waals surface area contributed by atoms with E-state index in [1.54, 1.807) is 13.0 Å². The molecule has 1 aliphatic rings. The summed E-state index contributed by atoms with van der Waals surface area (Å²) in [5.74, 6) is -0.360. The van der Waals surface area contributed by atoms with Gasteiger partial charge in [-0.15, -0.1) is 0 Å².